The summed E-state index contributed by atoms with van der Waals surface area (Å²) in [6.45, 7) is 4.23. The first kappa shape index (κ1) is 14.0. The Labute approximate surface area is 101 Å². The smallest absolute Gasteiger partial charge is 0.0806 e. The molecular weight excluding hydrogens is 198 g/mol. The minimum absolute atomic E-state index is 0.152. The summed E-state index contributed by atoms with van der Waals surface area (Å²) in [5, 5.41) is 3.32. The van der Waals surface area contributed by atoms with Crippen LogP contribution in [0.15, 0.2) is 0 Å². The molecule has 16 heavy (non-hydrogen) atoms. The summed E-state index contributed by atoms with van der Waals surface area (Å²) in [6.07, 6.45) is 11.8. The molecule has 1 aliphatic carbocycles. The number of hydrogen-bond donors (Lipinski definition) is 1. The van der Waals surface area contributed by atoms with Crippen LogP contribution in [0.25, 0.3) is 0 Å². The topological polar surface area (TPSA) is 21.3 Å². The predicted molar refractivity (Wildman–Crippen MR) is 69.8 cm³/mol. The van der Waals surface area contributed by atoms with Gasteiger partial charge in [0.05, 0.1) is 5.60 Å². The summed E-state index contributed by atoms with van der Waals surface area (Å²) in [6, 6.07) is 0. The number of unbranched alkanes of at least 4 members (excludes halogenated alkanes) is 2. The zero-order valence-corrected chi connectivity index (χ0v) is 11.2. The first-order chi connectivity index (χ1) is 7.83. The molecule has 2 heteroatoms. The van der Waals surface area contributed by atoms with Crippen LogP contribution in [0.4, 0.5) is 0 Å². The van der Waals surface area contributed by atoms with Gasteiger partial charge in [-0.3, -0.25) is 0 Å². The highest BCUT2D eigenvalue weighted by Gasteiger charge is 2.30. The monoisotopic (exact) mass is 227 g/mol. The zero-order valence-electron chi connectivity index (χ0n) is 11.2. The van der Waals surface area contributed by atoms with Gasteiger partial charge in [-0.1, -0.05) is 45.4 Å². The second-order valence-electron chi connectivity index (χ2n) is 5.18. The lowest BCUT2D eigenvalue weighted by molar-refractivity contribution is -0.0551. The quantitative estimate of drug-likeness (QED) is 0.531. The maximum absolute atomic E-state index is 6.23. The lowest BCUT2D eigenvalue weighted by Gasteiger charge is -2.33. The third-order valence-electron chi connectivity index (χ3n) is 3.67. The zero-order chi connectivity index (χ0) is 11.7. The Bertz CT molecular complexity index is 162. The first-order valence-corrected chi connectivity index (χ1v) is 7.11. The van der Waals surface area contributed by atoms with Crippen LogP contribution in [0.1, 0.15) is 64.7 Å². The van der Waals surface area contributed by atoms with E-state index in [1.165, 1.54) is 57.8 Å². The van der Waals surface area contributed by atoms with Crippen molar-refractivity contribution in [3.63, 3.8) is 0 Å². The predicted octanol–water partition coefficient (Wildman–Crippen LogP) is 3.51. The normalized spacial score (nSPS) is 20.6. The number of ether oxygens (including phenoxy) is 1. The van der Waals surface area contributed by atoms with Crippen molar-refractivity contribution in [1.29, 1.82) is 0 Å². The van der Waals surface area contributed by atoms with Crippen molar-refractivity contribution in [2.75, 3.05) is 20.2 Å². The number of rotatable bonds is 7. The van der Waals surface area contributed by atoms with Crippen LogP contribution in [-0.2, 0) is 4.74 Å². The Morgan fingerprint density at radius 3 is 2.31 bits per heavy atom. The molecule has 1 fully saturated rings. The van der Waals surface area contributed by atoms with Crippen molar-refractivity contribution in [1.82, 2.24) is 5.32 Å². The molecule has 0 saturated heterocycles. The van der Waals surface area contributed by atoms with Crippen LogP contribution in [0, 0.1) is 0 Å². The standard InChI is InChI=1S/C14H29NO/c1-3-4-9-12-16-14(13-15-2)10-7-5-6-8-11-14/h15H,3-13H2,1-2H3. The van der Waals surface area contributed by atoms with Crippen LogP contribution >= 0.6 is 0 Å². The van der Waals surface area contributed by atoms with Crippen molar-refractivity contribution >= 4 is 0 Å². The van der Waals surface area contributed by atoms with Gasteiger partial charge in [0.2, 0.25) is 0 Å². The van der Waals surface area contributed by atoms with Gasteiger partial charge in [-0.15, -0.1) is 0 Å². The molecule has 1 saturated carbocycles. The van der Waals surface area contributed by atoms with Gasteiger partial charge >= 0.3 is 0 Å². The fourth-order valence-corrected chi connectivity index (χ4v) is 2.71. The van der Waals surface area contributed by atoms with E-state index in [-0.39, 0.29) is 5.60 Å². The molecule has 0 radical (unpaired) electrons. The van der Waals surface area contributed by atoms with Crippen LogP contribution in [0.5, 0.6) is 0 Å². The minimum atomic E-state index is 0.152. The molecule has 0 spiro atoms. The highest BCUT2D eigenvalue weighted by atomic mass is 16.5. The Morgan fingerprint density at radius 1 is 1.06 bits per heavy atom. The summed E-state index contributed by atoms with van der Waals surface area (Å²) >= 11 is 0. The minimum Gasteiger partial charge on any atom is -0.374 e. The summed E-state index contributed by atoms with van der Waals surface area (Å²) in [5.41, 5.74) is 0.152. The lowest BCUT2D eigenvalue weighted by Crippen LogP contribution is -2.42. The van der Waals surface area contributed by atoms with Gasteiger partial charge in [0.25, 0.3) is 0 Å². The van der Waals surface area contributed by atoms with Gasteiger partial charge in [0, 0.05) is 13.2 Å². The molecule has 0 aromatic carbocycles. The van der Waals surface area contributed by atoms with E-state index in [4.69, 9.17) is 4.74 Å². The van der Waals surface area contributed by atoms with Gasteiger partial charge in [-0.2, -0.15) is 0 Å². The van der Waals surface area contributed by atoms with Gasteiger partial charge in [-0.05, 0) is 26.3 Å². The summed E-state index contributed by atoms with van der Waals surface area (Å²) in [4.78, 5) is 0. The van der Waals surface area contributed by atoms with Crippen molar-refractivity contribution in [3.8, 4) is 0 Å². The van der Waals surface area contributed by atoms with E-state index < -0.39 is 0 Å². The highest BCUT2D eigenvalue weighted by Crippen LogP contribution is 2.30. The third kappa shape index (κ3) is 4.84. The average Bonchev–Trinajstić information content (AvgIpc) is 2.51. The SMILES string of the molecule is CCCCCOC1(CNC)CCCCCC1. The van der Waals surface area contributed by atoms with E-state index in [2.05, 4.69) is 12.2 Å². The highest BCUT2D eigenvalue weighted by molar-refractivity contribution is 4.85. The molecule has 0 atom stereocenters. The van der Waals surface area contributed by atoms with Crippen molar-refractivity contribution in [3.05, 3.63) is 0 Å². The summed E-state index contributed by atoms with van der Waals surface area (Å²) in [5.74, 6) is 0. The second-order valence-corrected chi connectivity index (χ2v) is 5.18. The molecule has 0 aromatic heterocycles. The Balaban J connectivity index is 2.36. The number of likely N-dealkylation sites (N-methyl/N-ethyl adjacent to an activating group) is 1. The number of nitrogens with one attached hydrogen (secondary N) is 1. The van der Waals surface area contributed by atoms with Crippen LogP contribution in [0.3, 0.4) is 0 Å². The van der Waals surface area contributed by atoms with E-state index in [1.807, 2.05) is 7.05 Å². The van der Waals surface area contributed by atoms with E-state index in [0.717, 1.165) is 13.2 Å². The molecule has 1 aliphatic rings. The number of hydrogen-bond acceptors (Lipinski definition) is 2. The fraction of sp³-hybridized carbons (Fsp3) is 1.00. The first-order valence-electron chi connectivity index (χ1n) is 7.11. The van der Waals surface area contributed by atoms with E-state index in [0.29, 0.717) is 0 Å². The Hall–Kier alpha value is -0.0800. The fourth-order valence-electron chi connectivity index (χ4n) is 2.71. The van der Waals surface area contributed by atoms with Crippen LogP contribution < -0.4 is 5.32 Å². The molecule has 1 rings (SSSR count). The van der Waals surface area contributed by atoms with Gasteiger partial charge in [0.15, 0.2) is 0 Å². The summed E-state index contributed by atoms with van der Waals surface area (Å²) < 4.78 is 6.23. The molecule has 0 bridgehead atoms. The third-order valence-corrected chi connectivity index (χ3v) is 3.67. The Morgan fingerprint density at radius 2 is 1.75 bits per heavy atom. The van der Waals surface area contributed by atoms with Gasteiger partial charge < -0.3 is 10.1 Å². The van der Waals surface area contributed by atoms with Gasteiger partial charge in [0.1, 0.15) is 0 Å². The molecule has 0 aliphatic heterocycles. The molecule has 96 valence electrons. The molecule has 1 N–H and O–H groups in total. The van der Waals surface area contributed by atoms with E-state index in [9.17, 15) is 0 Å². The molecular formula is C14H29NO. The molecule has 2 nitrogen and oxygen atoms in total. The van der Waals surface area contributed by atoms with Crippen molar-refractivity contribution in [2.24, 2.45) is 0 Å². The maximum Gasteiger partial charge on any atom is 0.0806 e. The van der Waals surface area contributed by atoms with Crippen molar-refractivity contribution in [2.45, 2.75) is 70.3 Å². The largest absolute Gasteiger partial charge is 0.374 e. The summed E-state index contributed by atoms with van der Waals surface area (Å²) in [7, 11) is 2.04. The van der Waals surface area contributed by atoms with Crippen LogP contribution in [0.2, 0.25) is 0 Å². The van der Waals surface area contributed by atoms with E-state index >= 15 is 0 Å². The maximum atomic E-state index is 6.23. The molecule has 0 aromatic rings. The van der Waals surface area contributed by atoms with E-state index in [1.54, 1.807) is 0 Å². The molecule has 0 unspecified atom stereocenters. The van der Waals surface area contributed by atoms with Crippen molar-refractivity contribution < 1.29 is 4.74 Å². The Kier molecular flexibility index (Phi) is 7.06. The molecule has 0 amide bonds. The van der Waals surface area contributed by atoms with Crippen LogP contribution in [-0.4, -0.2) is 25.8 Å². The average molecular weight is 227 g/mol. The lowest BCUT2D eigenvalue weighted by atomic mass is 9.94. The second kappa shape index (κ2) is 8.08. The van der Waals surface area contributed by atoms with Gasteiger partial charge in [-0.25, -0.2) is 0 Å². The molecule has 0 heterocycles.